The summed E-state index contributed by atoms with van der Waals surface area (Å²) in [4.78, 5) is 13.3. The van der Waals surface area contributed by atoms with Gasteiger partial charge >= 0.3 is 0 Å². The molecule has 114 valence electrons. The van der Waals surface area contributed by atoms with Crippen molar-refractivity contribution in [2.24, 2.45) is 0 Å². The number of ether oxygens (including phenoxy) is 1. The second kappa shape index (κ2) is 6.75. The van der Waals surface area contributed by atoms with Crippen LogP contribution in [0.2, 0.25) is 0 Å². The Morgan fingerprint density at radius 1 is 1.23 bits per heavy atom. The number of nitrogens with zero attached hydrogens (tertiary/aromatic N) is 1. The molecule has 0 radical (unpaired) electrons. The number of carbonyl (C=O) groups is 1. The van der Waals surface area contributed by atoms with Crippen LogP contribution in [0, 0.1) is 0 Å². The van der Waals surface area contributed by atoms with Crippen LogP contribution in [0.25, 0.3) is 0 Å². The first-order chi connectivity index (χ1) is 10.8. The smallest absolute Gasteiger partial charge is 0.150 e. The summed E-state index contributed by atoms with van der Waals surface area (Å²) < 4.78 is 5.98. The summed E-state index contributed by atoms with van der Waals surface area (Å²) in [5.41, 5.74) is 4.24. The van der Waals surface area contributed by atoms with Crippen molar-refractivity contribution in [1.82, 2.24) is 0 Å². The maximum atomic E-state index is 11.1. The van der Waals surface area contributed by atoms with Crippen LogP contribution in [0.3, 0.4) is 0 Å². The molecule has 22 heavy (non-hydrogen) atoms. The van der Waals surface area contributed by atoms with Gasteiger partial charge in [-0.25, -0.2) is 0 Å². The average Bonchev–Trinajstić information content (AvgIpc) is 2.59. The highest BCUT2D eigenvalue weighted by Gasteiger charge is 2.26. The Bertz CT molecular complexity index is 639. The maximum absolute atomic E-state index is 11.1. The molecule has 2 aromatic carbocycles. The fraction of sp³-hybridized carbons (Fsp3) is 0.316. The lowest BCUT2D eigenvalue weighted by atomic mass is 9.97. The van der Waals surface area contributed by atoms with Crippen molar-refractivity contribution < 1.29 is 9.53 Å². The van der Waals surface area contributed by atoms with Crippen LogP contribution in [0.1, 0.15) is 29.3 Å². The number of carbonyl (C=O) groups excluding carboxylic acids is 1. The molecule has 3 rings (SSSR count). The van der Waals surface area contributed by atoms with Gasteiger partial charge in [0.2, 0.25) is 0 Å². The van der Waals surface area contributed by atoms with E-state index in [-0.39, 0.29) is 6.10 Å². The van der Waals surface area contributed by atoms with Gasteiger partial charge in [-0.15, -0.1) is 0 Å². The number of para-hydroxylation sites is 1. The van der Waals surface area contributed by atoms with E-state index in [9.17, 15) is 4.79 Å². The largest absolute Gasteiger partial charge is 0.376 e. The highest BCUT2D eigenvalue weighted by atomic mass is 16.5. The summed E-state index contributed by atoms with van der Waals surface area (Å²) in [6.07, 6.45) is 2.95. The van der Waals surface area contributed by atoms with Crippen molar-refractivity contribution in [2.75, 3.05) is 18.1 Å². The third-order valence-corrected chi connectivity index (χ3v) is 3.99. The molecule has 0 spiro atoms. The van der Waals surface area contributed by atoms with Gasteiger partial charge in [0.25, 0.3) is 0 Å². The van der Waals surface area contributed by atoms with E-state index in [2.05, 4.69) is 24.0 Å². The Kier molecular flexibility index (Phi) is 4.54. The Morgan fingerprint density at radius 2 is 2.05 bits per heavy atom. The second-order valence-corrected chi connectivity index (χ2v) is 5.65. The first kappa shape index (κ1) is 14.8. The Balaban J connectivity index is 1.97. The Morgan fingerprint density at radius 3 is 2.77 bits per heavy atom. The maximum Gasteiger partial charge on any atom is 0.150 e. The summed E-state index contributed by atoms with van der Waals surface area (Å²) in [5.74, 6) is 0. The molecule has 0 saturated carbocycles. The summed E-state index contributed by atoms with van der Waals surface area (Å²) >= 11 is 0. The molecular formula is C19H21NO2. The lowest BCUT2D eigenvalue weighted by Gasteiger charge is -2.36. The third kappa shape index (κ3) is 3.04. The molecule has 0 aliphatic carbocycles. The number of fused-ring (bicyclic) bond motifs is 1. The minimum atomic E-state index is 0.162. The van der Waals surface area contributed by atoms with Crippen LogP contribution in [0.5, 0.6) is 0 Å². The molecule has 0 aromatic heterocycles. The lowest BCUT2D eigenvalue weighted by molar-refractivity contribution is 0.0574. The molecule has 0 bridgehead atoms. The van der Waals surface area contributed by atoms with Gasteiger partial charge in [0, 0.05) is 36.5 Å². The molecule has 0 amide bonds. The average molecular weight is 295 g/mol. The van der Waals surface area contributed by atoms with Gasteiger partial charge in [0.05, 0.1) is 6.10 Å². The summed E-state index contributed by atoms with van der Waals surface area (Å²) in [6, 6.07) is 16.3. The topological polar surface area (TPSA) is 29.5 Å². The molecule has 0 saturated heterocycles. The first-order valence-corrected chi connectivity index (χ1v) is 7.84. The SMILES string of the molecule is CCCOC1Cc2cc(C=O)ccc2N(c2ccccc2)C1. The minimum absolute atomic E-state index is 0.162. The minimum Gasteiger partial charge on any atom is -0.376 e. The van der Waals surface area contributed by atoms with Crippen LogP contribution in [0.15, 0.2) is 48.5 Å². The predicted molar refractivity (Wildman–Crippen MR) is 89.0 cm³/mol. The molecule has 2 aromatic rings. The summed E-state index contributed by atoms with van der Waals surface area (Å²) in [5, 5.41) is 0. The van der Waals surface area contributed by atoms with Crippen molar-refractivity contribution in [1.29, 1.82) is 0 Å². The van der Waals surface area contributed by atoms with E-state index in [0.717, 1.165) is 43.5 Å². The molecule has 3 heteroatoms. The quantitative estimate of drug-likeness (QED) is 0.781. The zero-order chi connectivity index (χ0) is 15.4. The van der Waals surface area contributed by atoms with Gasteiger partial charge in [-0.05, 0) is 42.3 Å². The van der Waals surface area contributed by atoms with Crippen LogP contribution < -0.4 is 4.90 Å². The third-order valence-electron chi connectivity index (χ3n) is 3.99. The van der Waals surface area contributed by atoms with Crippen LogP contribution >= 0.6 is 0 Å². The molecule has 3 nitrogen and oxygen atoms in total. The molecule has 0 fully saturated rings. The zero-order valence-corrected chi connectivity index (χ0v) is 12.9. The van der Waals surface area contributed by atoms with E-state index in [1.54, 1.807) is 0 Å². The van der Waals surface area contributed by atoms with Gasteiger partial charge in [0.1, 0.15) is 6.29 Å². The van der Waals surface area contributed by atoms with Gasteiger partial charge < -0.3 is 9.64 Å². The number of aldehydes is 1. The predicted octanol–water partition coefficient (Wildman–Crippen LogP) is 3.99. The highest BCUT2D eigenvalue weighted by molar-refractivity contribution is 5.78. The van der Waals surface area contributed by atoms with E-state index in [0.29, 0.717) is 0 Å². The molecule has 1 unspecified atom stereocenters. The number of rotatable bonds is 5. The Hall–Kier alpha value is -2.13. The van der Waals surface area contributed by atoms with Gasteiger partial charge in [0.15, 0.2) is 0 Å². The van der Waals surface area contributed by atoms with Crippen LogP contribution in [-0.4, -0.2) is 25.5 Å². The van der Waals surface area contributed by atoms with Gasteiger partial charge in [-0.3, -0.25) is 4.79 Å². The number of anilines is 2. The zero-order valence-electron chi connectivity index (χ0n) is 12.9. The van der Waals surface area contributed by atoms with Crippen molar-refractivity contribution in [2.45, 2.75) is 25.9 Å². The van der Waals surface area contributed by atoms with Crippen molar-refractivity contribution >= 4 is 17.7 Å². The van der Waals surface area contributed by atoms with Crippen LogP contribution in [-0.2, 0) is 11.2 Å². The van der Waals surface area contributed by atoms with Crippen molar-refractivity contribution in [3.8, 4) is 0 Å². The Labute approximate surface area is 131 Å². The second-order valence-electron chi connectivity index (χ2n) is 5.65. The van der Waals surface area contributed by atoms with E-state index in [4.69, 9.17) is 4.74 Å². The normalized spacial score (nSPS) is 17.1. The molecule has 1 aliphatic heterocycles. The van der Waals surface area contributed by atoms with E-state index < -0.39 is 0 Å². The number of hydrogen-bond donors (Lipinski definition) is 0. The fourth-order valence-corrected chi connectivity index (χ4v) is 2.97. The lowest BCUT2D eigenvalue weighted by Crippen LogP contribution is -2.37. The number of hydrogen-bond acceptors (Lipinski definition) is 3. The number of benzene rings is 2. The molecular weight excluding hydrogens is 274 g/mol. The highest BCUT2D eigenvalue weighted by Crippen LogP contribution is 2.34. The van der Waals surface area contributed by atoms with Gasteiger partial charge in [-0.1, -0.05) is 25.1 Å². The first-order valence-electron chi connectivity index (χ1n) is 7.84. The molecule has 1 aliphatic rings. The monoisotopic (exact) mass is 295 g/mol. The molecule has 1 atom stereocenters. The fourth-order valence-electron chi connectivity index (χ4n) is 2.97. The van der Waals surface area contributed by atoms with Crippen LogP contribution in [0.4, 0.5) is 11.4 Å². The standard InChI is InChI=1S/C19H21NO2/c1-2-10-22-18-12-16-11-15(14-21)8-9-19(16)20(13-18)17-6-4-3-5-7-17/h3-9,11,14,18H,2,10,12-13H2,1H3. The van der Waals surface area contributed by atoms with Crippen molar-refractivity contribution in [3.63, 3.8) is 0 Å². The molecule has 1 heterocycles. The summed E-state index contributed by atoms with van der Waals surface area (Å²) in [7, 11) is 0. The van der Waals surface area contributed by atoms with Crippen molar-refractivity contribution in [3.05, 3.63) is 59.7 Å². The van der Waals surface area contributed by atoms with E-state index >= 15 is 0 Å². The van der Waals surface area contributed by atoms with E-state index in [1.165, 1.54) is 11.3 Å². The van der Waals surface area contributed by atoms with Gasteiger partial charge in [-0.2, -0.15) is 0 Å². The van der Waals surface area contributed by atoms with E-state index in [1.807, 2.05) is 36.4 Å². The molecule has 0 N–H and O–H groups in total. The summed E-state index contributed by atoms with van der Waals surface area (Å²) in [6.45, 7) is 3.74.